The number of halogens is 1. The van der Waals surface area contributed by atoms with Crippen molar-refractivity contribution in [1.29, 1.82) is 0 Å². The SMILES string of the molecule is Cc1ccc(C(=O)CSc2nnc(-c3ccc(F)cc3)n2C)cc1. The van der Waals surface area contributed by atoms with Gasteiger partial charge in [0, 0.05) is 18.2 Å². The van der Waals surface area contributed by atoms with Gasteiger partial charge in [0.2, 0.25) is 0 Å². The minimum absolute atomic E-state index is 0.0475. The van der Waals surface area contributed by atoms with Crippen LogP contribution in [0.25, 0.3) is 11.4 Å². The van der Waals surface area contributed by atoms with E-state index in [0.717, 1.165) is 11.1 Å². The number of carbonyl (C=O) groups excluding carboxylic acids is 1. The molecular formula is C18H16FN3OS. The summed E-state index contributed by atoms with van der Waals surface area (Å²) in [5, 5.41) is 8.91. The average molecular weight is 341 g/mol. The molecule has 1 aromatic heterocycles. The number of carbonyl (C=O) groups is 1. The van der Waals surface area contributed by atoms with E-state index in [4.69, 9.17) is 0 Å². The van der Waals surface area contributed by atoms with E-state index in [-0.39, 0.29) is 11.6 Å². The minimum atomic E-state index is -0.292. The van der Waals surface area contributed by atoms with Crippen LogP contribution in [-0.2, 0) is 7.05 Å². The maximum atomic E-state index is 13.0. The standard InChI is InChI=1S/C18H16FN3OS/c1-12-3-5-13(6-4-12)16(23)11-24-18-21-20-17(22(18)2)14-7-9-15(19)10-8-14/h3-10H,11H2,1-2H3. The summed E-state index contributed by atoms with van der Waals surface area (Å²) in [4.78, 5) is 12.2. The summed E-state index contributed by atoms with van der Waals surface area (Å²) in [6, 6.07) is 13.6. The van der Waals surface area contributed by atoms with Gasteiger partial charge in [0.15, 0.2) is 16.8 Å². The molecule has 0 bridgehead atoms. The summed E-state index contributed by atoms with van der Waals surface area (Å²) in [6.45, 7) is 1.99. The molecule has 122 valence electrons. The van der Waals surface area contributed by atoms with Crippen LogP contribution in [-0.4, -0.2) is 26.3 Å². The Balaban J connectivity index is 1.71. The Bertz CT molecular complexity index is 857. The monoisotopic (exact) mass is 341 g/mol. The lowest BCUT2D eigenvalue weighted by Crippen LogP contribution is -2.04. The number of Topliss-reactive ketones (excluding diaryl/α,β-unsaturated/α-hetero) is 1. The molecular weight excluding hydrogens is 325 g/mol. The van der Waals surface area contributed by atoms with E-state index >= 15 is 0 Å². The van der Waals surface area contributed by atoms with Gasteiger partial charge in [-0.25, -0.2) is 4.39 Å². The molecule has 0 aliphatic rings. The highest BCUT2D eigenvalue weighted by atomic mass is 32.2. The molecule has 0 spiro atoms. The lowest BCUT2D eigenvalue weighted by Gasteiger charge is -2.04. The lowest BCUT2D eigenvalue weighted by molar-refractivity contribution is 0.102. The third-order valence-electron chi connectivity index (χ3n) is 3.64. The first-order chi connectivity index (χ1) is 11.5. The number of aryl methyl sites for hydroxylation is 1. The van der Waals surface area contributed by atoms with Gasteiger partial charge in [0.25, 0.3) is 0 Å². The van der Waals surface area contributed by atoms with E-state index in [1.807, 2.05) is 38.2 Å². The van der Waals surface area contributed by atoms with E-state index in [1.165, 1.54) is 23.9 Å². The van der Waals surface area contributed by atoms with Crippen LogP contribution in [0.2, 0.25) is 0 Å². The maximum absolute atomic E-state index is 13.0. The number of hydrogen-bond donors (Lipinski definition) is 0. The van der Waals surface area contributed by atoms with Crippen LogP contribution in [0.15, 0.2) is 53.7 Å². The van der Waals surface area contributed by atoms with E-state index in [0.29, 0.717) is 22.3 Å². The summed E-state index contributed by atoms with van der Waals surface area (Å²) in [5.41, 5.74) is 2.59. The molecule has 0 aliphatic heterocycles. The Kier molecular flexibility index (Phi) is 4.76. The summed E-state index contributed by atoms with van der Waals surface area (Å²) in [7, 11) is 1.83. The van der Waals surface area contributed by atoms with Crippen molar-refractivity contribution in [3.05, 3.63) is 65.5 Å². The minimum Gasteiger partial charge on any atom is -0.305 e. The molecule has 3 aromatic rings. The van der Waals surface area contributed by atoms with Gasteiger partial charge < -0.3 is 4.57 Å². The molecule has 24 heavy (non-hydrogen) atoms. The van der Waals surface area contributed by atoms with Crippen LogP contribution in [0.3, 0.4) is 0 Å². The second-order valence-electron chi connectivity index (χ2n) is 5.45. The van der Waals surface area contributed by atoms with Crippen molar-refractivity contribution < 1.29 is 9.18 Å². The zero-order valence-corrected chi connectivity index (χ0v) is 14.2. The topological polar surface area (TPSA) is 47.8 Å². The van der Waals surface area contributed by atoms with Crippen molar-refractivity contribution in [1.82, 2.24) is 14.8 Å². The molecule has 0 saturated heterocycles. The van der Waals surface area contributed by atoms with E-state index in [9.17, 15) is 9.18 Å². The van der Waals surface area contributed by atoms with Gasteiger partial charge in [0.05, 0.1) is 5.75 Å². The molecule has 1 heterocycles. The molecule has 0 N–H and O–H groups in total. The highest BCUT2D eigenvalue weighted by molar-refractivity contribution is 7.99. The Labute approximate surface area is 143 Å². The number of rotatable bonds is 5. The van der Waals surface area contributed by atoms with Crippen LogP contribution in [0.5, 0.6) is 0 Å². The van der Waals surface area contributed by atoms with Crippen LogP contribution >= 0.6 is 11.8 Å². The first kappa shape index (κ1) is 16.4. The van der Waals surface area contributed by atoms with Gasteiger partial charge in [-0.3, -0.25) is 4.79 Å². The number of thioether (sulfide) groups is 1. The number of benzene rings is 2. The number of hydrogen-bond acceptors (Lipinski definition) is 4. The zero-order valence-electron chi connectivity index (χ0n) is 13.4. The molecule has 3 rings (SSSR count). The molecule has 0 saturated carbocycles. The van der Waals surface area contributed by atoms with Crippen LogP contribution in [0.1, 0.15) is 15.9 Å². The fraction of sp³-hybridized carbons (Fsp3) is 0.167. The highest BCUT2D eigenvalue weighted by Crippen LogP contribution is 2.23. The van der Waals surface area contributed by atoms with Gasteiger partial charge in [0.1, 0.15) is 5.82 Å². The van der Waals surface area contributed by atoms with Crippen LogP contribution in [0.4, 0.5) is 4.39 Å². The van der Waals surface area contributed by atoms with Gasteiger partial charge in [-0.1, -0.05) is 41.6 Å². The molecule has 2 aromatic carbocycles. The molecule has 6 heteroatoms. The summed E-state index contributed by atoms with van der Waals surface area (Å²) in [5.74, 6) is 0.684. The van der Waals surface area contributed by atoms with Gasteiger partial charge in [-0.2, -0.15) is 0 Å². The quantitative estimate of drug-likeness (QED) is 0.521. The first-order valence-corrected chi connectivity index (χ1v) is 8.41. The molecule has 0 atom stereocenters. The Morgan fingerprint density at radius 1 is 1.08 bits per heavy atom. The zero-order chi connectivity index (χ0) is 17.1. The number of aromatic nitrogens is 3. The fourth-order valence-electron chi connectivity index (χ4n) is 2.24. The average Bonchev–Trinajstić information content (AvgIpc) is 2.95. The number of nitrogens with zero attached hydrogens (tertiary/aromatic N) is 3. The van der Waals surface area contributed by atoms with Gasteiger partial charge in [-0.05, 0) is 31.2 Å². The maximum Gasteiger partial charge on any atom is 0.191 e. The second-order valence-corrected chi connectivity index (χ2v) is 6.39. The Morgan fingerprint density at radius 3 is 2.42 bits per heavy atom. The number of ketones is 1. The normalized spacial score (nSPS) is 10.8. The fourth-order valence-corrected chi connectivity index (χ4v) is 3.05. The van der Waals surface area contributed by atoms with Crippen molar-refractivity contribution in [3.8, 4) is 11.4 Å². The predicted molar refractivity (Wildman–Crippen MR) is 92.6 cm³/mol. The summed E-state index contributed by atoms with van der Waals surface area (Å²) < 4.78 is 14.8. The summed E-state index contributed by atoms with van der Waals surface area (Å²) in [6.07, 6.45) is 0. The van der Waals surface area contributed by atoms with Gasteiger partial charge in [-0.15, -0.1) is 10.2 Å². The smallest absolute Gasteiger partial charge is 0.191 e. The van der Waals surface area contributed by atoms with E-state index < -0.39 is 0 Å². The van der Waals surface area contributed by atoms with Crippen molar-refractivity contribution in [2.45, 2.75) is 12.1 Å². The summed E-state index contributed by atoms with van der Waals surface area (Å²) >= 11 is 1.34. The molecule has 0 aliphatic carbocycles. The van der Waals surface area contributed by atoms with Gasteiger partial charge >= 0.3 is 0 Å². The second kappa shape index (κ2) is 6.97. The molecule has 0 fully saturated rings. The third-order valence-corrected chi connectivity index (χ3v) is 4.66. The van der Waals surface area contributed by atoms with Crippen molar-refractivity contribution in [2.75, 3.05) is 5.75 Å². The van der Waals surface area contributed by atoms with E-state index in [1.54, 1.807) is 16.7 Å². The molecule has 0 radical (unpaired) electrons. The largest absolute Gasteiger partial charge is 0.305 e. The van der Waals surface area contributed by atoms with Crippen molar-refractivity contribution >= 4 is 17.5 Å². The highest BCUT2D eigenvalue weighted by Gasteiger charge is 2.13. The lowest BCUT2D eigenvalue weighted by atomic mass is 10.1. The van der Waals surface area contributed by atoms with Crippen molar-refractivity contribution in [2.24, 2.45) is 7.05 Å². The molecule has 0 amide bonds. The van der Waals surface area contributed by atoms with E-state index in [2.05, 4.69) is 10.2 Å². The van der Waals surface area contributed by atoms with Crippen LogP contribution < -0.4 is 0 Å². The predicted octanol–water partition coefficient (Wildman–Crippen LogP) is 3.90. The first-order valence-electron chi connectivity index (χ1n) is 7.42. The third kappa shape index (κ3) is 3.54. The Morgan fingerprint density at radius 2 is 1.75 bits per heavy atom. The van der Waals surface area contributed by atoms with Crippen LogP contribution in [0, 0.1) is 12.7 Å². The molecule has 0 unspecified atom stereocenters. The molecule has 4 nitrogen and oxygen atoms in total. The van der Waals surface area contributed by atoms with Crippen molar-refractivity contribution in [3.63, 3.8) is 0 Å². The Hall–Kier alpha value is -2.47.